The van der Waals surface area contributed by atoms with Gasteiger partial charge in [0.05, 0.1) is 12.1 Å². The van der Waals surface area contributed by atoms with Gasteiger partial charge in [-0.1, -0.05) is 48.7 Å². The SMILES string of the molecule is CC1(C)[C@H](C(=O)N/N=C\c2cc(Cl)ccc2O)[C@@H]1C=C(Cl)Cl. The van der Waals surface area contributed by atoms with Crippen molar-refractivity contribution < 1.29 is 9.90 Å². The second-order valence-electron chi connectivity index (χ2n) is 5.72. The average molecular weight is 362 g/mol. The molecule has 7 heteroatoms. The molecule has 1 aliphatic rings. The third-order valence-corrected chi connectivity index (χ3v) is 4.35. The van der Waals surface area contributed by atoms with Crippen LogP contribution in [0.15, 0.2) is 33.9 Å². The van der Waals surface area contributed by atoms with Gasteiger partial charge in [-0.2, -0.15) is 5.10 Å². The fraction of sp³-hybridized carbons (Fsp3) is 0.333. The number of amides is 1. The number of allylic oxidation sites excluding steroid dienone is 1. The summed E-state index contributed by atoms with van der Waals surface area (Å²) >= 11 is 17.1. The van der Waals surface area contributed by atoms with Gasteiger partial charge < -0.3 is 5.11 Å². The minimum atomic E-state index is -0.245. The summed E-state index contributed by atoms with van der Waals surface area (Å²) in [6.07, 6.45) is 3.01. The second kappa shape index (κ2) is 6.49. The Hall–Kier alpha value is -1.23. The molecule has 2 N–H and O–H groups in total. The Bertz CT molecular complexity index is 652. The van der Waals surface area contributed by atoms with E-state index < -0.39 is 0 Å². The Morgan fingerprint density at radius 3 is 2.73 bits per heavy atom. The number of carbonyl (C=O) groups excluding carboxylic acids is 1. The lowest BCUT2D eigenvalue weighted by molar-refractivity contribution is -0.123. The van der Waals surface area contributed by atoms with E-state index in [9.17, 15) is 9.90 Å². The van der Waals surface area contributed by atoms with Crippen LogP contribution in [0.4, 0.5) is 0 Å². The molecule has 1 aromatic rings. The maximum absolute atomic E-state index is 12.1. The number of hydrogen-bond donors (Lipinski definition) is 2. The fourth-order valence-corrected chi connectivity index (χ4v) is 2.94. The molecular weight excluding hydrogens is 347 g/mol. The summed E-state index contributed by atoms with van der Waals surface area (Å²) in [7, 11) is 0. The first kappa shape index (κ1) is 17.1. The first-order valence-corrected chi connectivity index (χ1v) is 7.71. The van der Waals surface area contributed by atoms with Crippen LogP contribution in [0.3, 0.4) is 0 Å². The van der Waals surface area contributed by atoms with E-state index in [1.165, 1.54) is 12.3 Å². The Kier molecular flexibility index (Phi) is 5.05. The summed E-state index contributed by atoms with van der Waals surface area (Å²) in [6, 6.07) is 4.57. The van der Waals surface area contributed by atoms with Gasteiger partial charge in [-0.05, 0) is 35.6 Å². The highest BCUT2D eigenvalue weighted by Crippen LogP contribution is 2.59. The van der Waals surface area contributed by atoms with Crippen LogP contribution in [0.1, 0.15) is 19.4 Å². The molecule has 0 aromatic heterocycles. The molecule has 1 aromatic carbocycles. The molecule has 22 heavy (non-hydrogen) atoms. The molecule has 0 radical (unpaired) electrons. The topological polar surface area (TPSA) is 61.7 Å². The van der Waals surface area contributed by atoms with Gasteiger partial charge in [0.25, 0.3) is 0 Å². The zero-order chi connectivity index (χ0) is 16.5. The molecule has 1 fully saturated rings. The van der Waals surface area contributed by atoms with Gasteiger partial charge in [0, 0.05) is 10.6 Å². The van der Waals surface area contributed by atoms with Gasteiger partial charge in [-0.15, -0.1) is 0 Å². The van der Waals surface area contributed by atoms with E-state index in [2.05, 4.69) is 10.5 Å². The van der Waals surface area contributed by atoms with Crippen LogP contribution >= 0.6 is 34.8 Å². The van der Waals surface area contributed by atoms with Crippen LogP contribution in [-0.4, -0.2) is 17.2 Å². The number of hydrogen-bond acceptors (Lipinski definition) is 3. The van der Waals surface area contributed by atoms with Crippen molar-refractivity contribution in [3.63, 3.8) is 0 Å². The first-order chi connectivity index (χ1) is 10.2. The average Bonchev–Trinajstić information content (AvgIpc) is 2.94. The van der Waals surface area contributed by atoms with Gasteiger partial charge in [-0.3, -0.25) is 4.79 Å². The van der Waals surface area contributed by atoms with Gasteiger partial charge in [0.2, 0.25) is 5.91 Å². The van der Waals surface area contributed by atoms with Crippen LogP contribution in [0.5, 0.6) is 5.75 Å². The Morgan fingerprint density at radius 2 is 2.09 bits per heavy atom. The van der Waals surface area contributed by atoms with E-state index in [0.29, 0.717) is 10.6 Å². The van der Waals surface area contributed by atoms with Crippen molar-refractivity contribution in [3.05, 3.63) is 39.4 Å². The maximum Gasteiger partial charge on any atom is 0.244 e. The lowest BCUT2D eigenvalue weighted by Crippen LogP contribution is -2.21. The lowest BCUT2D eigenvalue weighted by Gasteiger charge is -2.02. The first-order valence-electron chi connectivity index (χ1n) is 6.57. The Balaban J connectivity index is 2.00. The smallest absolute Gasteiger partial charge is 0.244 e. The minimum absolute atomic E-state index is 0.0210. The Labute approximate surface area is 143 Å². The van der Waals surface area contributed by atoms with E-state index in [0.717, 1.165) is 0 Å². The predicted molar refractivity (Wildman–Crippen MR) is 89.4 cm³/mol. The molecule has 2 rings (SSSR count). The maximum atomic E-state index is 12.1. The number of rotatable bonds is 4. The van der Waals surface area contributed by atoms with Crippen molar-refractivity contribution in [1.29, 1.82) is 0 Å². The summed E-state index contributed by atoms with van der Waals surface area (Å²) in [4.78, 5) is 12.1. The van der Waals surface area contributed by atoms with E-state index >= 15 is 0 Å². The van der Waals surface area contributed by atoms with Crippen LogP contribution in [0, 0.1) is 17.3 Å². The number of halogens is 3. The predicted octanol–water partition coefficient (Wildman–Crippen LogP) is 4.09. The monoisotopic (exact) mass is 360 g/mol. The molecule has 118 valence electrons. The van der Waals surface area contributed by atoms with Crippen molar-refractivity contribution in [2.75, 3.05) is 0 Å². The van der Waals surface area contributed by atoms with Crippen molar-refractivity contribution in [2.24, 2.45) is 22.4 Å². The van der Waals surface area contributed by atoms with Crippen molar-refractivity contribution in [2.45, 2.75) is 13.8 Å². The lowest BCUT2D eigenvalue weighted by atomic mass is 10.1. The molecule has 1 saturated carbocycles. The molecule has 1 amide bonds. The number of hydrazone groups is 1. The van der Waals surface area contributed by atoms with E-state index in [4.69, 9.17) is 34.8 Å². The normalized spacial score (nSPS) is 22.4. The third kappa shape index (κ3) is 3.75. The molecule has 4 nitrogen and oxygen atoms in total. The molecule has 1 aliphatic carbocycles. The molecule has 0 unspecified atom stereocenters. The zero-order valence-electron chi connectivity index (χ0n) is 12.0. The molecule has 2 atom stereocenters. The standard InChI is InChI=1S/C15H15Cl3N2O2/c1-15(2)10(6-12(17)18)13(15)14(22)20-19-7-8-5-9(16)3-4-11(8)21/h3-7,10,13,21H,1-2H3,(H,20,22)/b19-7-/t10-,13-/m0/s1. The molecule has 0 spiro atoms. The van der Waals surface area contributed by atoms with Gasteiger partial charge in [-0.25, -0.2) is 5.43 Å². The third-order valence-electron chi connectivity index (χ3n) is 3.87. The van der Waals surface area contributed by atoms with Crippen LogP contribution in [-0.2, 0) is 4.79 Å². The van der Waals surface area contributed by atoms with E-state index in [1.807, 2.05) is 13.8 Å². The van der Waals surface area contributed by atoms with Crippen molar-refractivity contribution >= 4 is 46.9 Å². The molecule has 0 heterocycles. The van der Waals surface area contributed by atoms with E-state index in [1.54, 1.807) is 18.2 Å². The largest absolute Gasteiger partial charge is 0.507 e. The van der Waals surface area contributed by atoms with Crippen LogP contribution in [0.25, 0.3) is 0 Å². The summed E-state index contributed by atoms with van der Waals surface area (Å²) in [5.41, 5.74) is 2.66. The number of phenols is 1. The van der Waals surface area contributed by atoms with Crippen LogP contribution in [0.2, 0.25) is 5.02 Å². The minimum Gasteiger partial charge on any atom is -0.507 e. The molecule has 0 aliphatic heterocycles. The zero-order valence-corrected chi connectivity index (χ0v) is 14.2. The Morgan fingerprint density at radius 1 is 1.41 bits per heavy atom. The highest BCUT2D eigenvalue weighted by atomic mass is 35.5. The van der Waals surface area contributed by atoms with Crippen LogP contribution < -0.4 is 5.43 Å². The number of aromatic hydroxyl groups is 1. The molecule has 0 bridgehead atoms. The van der Waals surface area contributed by atoms with Crippen molar-refractivity contribution in [1.82, 2.24) is 5.43 Å². The summed E-state index contributed by atoms with van der Waals surface area (Å²) in [5, 5.41) is 14.0. The van der Waals surface area contributed by atoms with Gasteiger partial charge in [0.15, 0.2) is 0 Å². The highest BCUT2D eigenvalue weighted by Gasteiger charge is 2.60. The summed E-state index contributed by atoms with van der Waals surface area (Å²) < 4.78 is 0.153. The quantitative estimate of drug-likeness (QED) is 0.627. The molecular formula is C15H15Cl3N2O2. The van der Waals surface area contributed by atoms with Crippen molar-refractivity contribution in [3.8, 4) is 5.75 Å². The second-order valence-corrected chi connectivity index (χ2v) is 7.16. The highest BCUT2D eigenvalue weighted by molar-refractivity contribution is 6.55. The summed E-state index contributed by atoms with van der Waals surface area (Å²) in [5.74, 6) is -0.458. The number of carbonyl (C=O) groups is 1. The number of nitrogens with one attached hydrogen (secondary N) is 1. The summed E-state index contributed by atoms with van der Waals surface area (Å²) in [6.45, 7) is 3.92. The van der Waals surface area contributed by atoms with Gasteiger partial charge >= 0.3 is 0 Å². The number of benzene rings is 1. The van der Waals surface area contributed by atoms with E-state index in [-0.39, 0.29) is 33.4 Å². The number of nitrogens with zero attached hydrogens (tertiary/aromatic N) is 1. The molecule has 0 saturated heterocycles. The van der Waals surface area contributed by atoms with Gasteiger partial charge in [0.1, 0.15) is 10.2 Å². The number of phenolic OH excluding ortho intramolecular Hbond substituents is 1. The fourth-order valence-electron chi connectivity index (χ4n) is 2.49.